The van der Waals surface area contributed by atoms with E-state index in [0.29, 0.717) is 6.61 Å². The molecule has 17 heavy (non-hydrogen) atoms. The van der Waals surface area contributed by atoms with Gasteiger partial charge in [-0.05, 0) is 16.7 Å². The topological polar surface area (TPSA) is 32.8 Å². The molecule has 1 saturated heterocycles. The van der Waals surface area contributed by atoms with Crippen molar-refractivity contribution >= 4 is 0 Å². The van der Waals surface area contributed by atoms with Crippen molar-refractivity contribution < 1.29 is 9.84 Å². The highest BCUT2D eigenvalue weighted by Crippen LogP contribution is 2.34. The SMILES string of the molecule is OC(c1ccccc1-c1ccccc1)C1CO1. The quantitative estimate of drug-likeness (QED) is 0.816. The summed E-state index contributed by atoms with van der Waals surface area (Å²) in [6, 6.07) is 18.1. The molecule has 86 valence electrons. The number of hydrogen-bond acceptors (Lipinski definition) is 2. The Bertz CT molecular complexity index is 503. The Morgan fingerprint density at radius 1 is 1.00 bits per heavy atom. The molecule has 1 fully saturated rings. The van der Waals surface area contributed by atoms with Crippen molar-refractivity contribution in [1.29, 1.82) is 0 Å². The van der Waals surface area contributed by atoms with Crippen molar-refractivity contribution in [2.24, 2.45) is 0 Å². The number of aliphatic hydroxyl groups is 1. The van der Waals surface area contributed by atoms with Crippen LogP contribution in [0, 0.1) is 0 Å². The molecule has 2 unspecified atom stereocenters. The summed E-state index contributed by atoms with van der Waals surface area (Å²) >= 11 is 0. The molecule has 0 spiro atoms. The van der Waals surface area contributed by atoms with Crippen molar-refractivity contribution in [1.82, 2.24) is 0 Å². The lowest BCUT2D eigenvalue weighted by Crippen LogP contribution is -2.06. The molecule has 1 aliphatic heterocycles. The fourth-order valence-corrected chi connectivity index (χ4v) is 2.07. The maximum absolute atomic E-state index is 10.2. The zero-order valence-corrected chi connectivity index (χ0v) is 9.41. The van der Waals surface area contributed by atoms with Crippen LogP contribution in [0.5, 0.6) is 0 Å². The first kappa shape index (κ1) is 10.5. The zero-order chi connectivity index (χ0) is 11.7. The van der Waals surface area contributed by atoms with Crippen LogP contribution in [0.2, 0.25) is 0 Å². The zero-order valence-electron chi connectivity index (χ0n) is 9.41. The highest BCUT2D eigenvalue weighted by Gasteiger charge is 2.33. The van der Waals surface area contributed by atoms with Gasteiger partial charge in [-0.1, -0.05) is 54.6 Å². The van der Waals surface area contributed by atoms with Crippen molar-refractivity contribution in [3.8, 4) is 11.1 Å². The molecule has 0 aromatic heterocycles. The molecule has 2 aromatic rings. The first-order chi connectivity index (χ1) is 8.36. The normalized spacial score (nSPS) is 19.9. The van der Waals surface area contributed by atoms with E-state index in [1.165, 1.54) is 0 Å². The van der Waals surface area contributed by atoms with E-state index in [1.807, 2.05) is 42.5 Å². The lowest BCUT2D eigenvalue weighted by Gasteiger charge is -2.13. The van der Waals surface area contributed by atoms with E-state index < -0.39 is 6.10 Å². The van der Waals surface area contributed by atoms with Crippen LogP contribution in [-0.2, 0) is 4.74 Å². The van der Waals surface area contributed by atoms with Gasteiger partial charge in [-0.15, -0.1) is 0 Å². The second-order valence-electron chi connectivity index (χ2n) is 4.27. The number of rotatable bonds is 3. The van der Waals surface area contributed by atoms with E-state index in [9.17, 15) is 5.11 Å². The average Bonchev–Trinajstić information content (AvgIpc) is 3.23. The molecular weight excluding hydrogens is 212 g/mol. The predicted octanol–water partition coefficient (Wildman–Crippen LogP) is 2.79. The Morgan fingerprint density at radius 2 is 1.65 bits per heavy atom. The molecule has 1 N–H and O–H groups in total. The molecule has 1 aliphatic rings. The molecule has 0 saturated carbocycles. The first-order valence-corrected chi connectivity index (χ1v) is 5.80. The Hall–Kier alpha value is -1.64. The van der Waals surface area contributed by atoms with Crippen LogP contribution in [0.4, 0.5) is 0 Å². The largest absolute Gasteiger partial charge is 0.386 e. The van der Waals surface area contributed by atoms with E-state index in [4.69, 9.17) is 4.74 Å². The van der Waals surface area contributed by atoms with Crippen molar-refractivity contribution in [2.45, 2.75) is 12.2 Å². The number of benzene rings is 2. The highest BCUT2D eigenvalue weighted by atomic mass is 16.6. The number of aliphatic hydroxyl groups excluding tert-OH is 1. The molecule has 3 rings (SSSR count). The summed E-state index contributed by atoms with van der Waals surface area (Å²) in [4.78, 5) is 0. The van der Waals surface area contributed by atoms with Crippen LogP contribution in [0.1, 0.15) is 11.7 Å². The van der Waals surface area contributed by atoms with Gasteiger partial charge < -0.3 is 9.84 Å². The Kier molecular flexibility index (Phi) is 2.67. The molecule has 0 amide bonds. The van der Waals surface area contributed by atoms with E-state index in [-0.39, 0.29) is 6.10 Å². The fourth-order valence-electron chi connectivity index (χ4n) is 2.07. The Morgan fingerprint density at radius 3 is 2.35 bits per heavy atom. The fraction of sp³-hybridized carbons (Fsp3) is 0.200. The second-order valence-corrected chi connectivity index (χ2v) is 4.27. The molecule has 0 bridgehead atoms. The maximum Gasteiger partial charge on any atom is 0.111 e. The minimum Gasteiger partial charge on any atom is -0.386 e. The molecule has 0 aliphatic carbocycles. The molecule has 1 heterocycles. The van der Waals surface area contributed by atoms with Gasteiger partial charge in [0.05, 0.1) is 6.61 Å². The van der Waals surface area contributed by atoms with E-state index in [2.05, 4.69) is 12.1 Å². The summed E-state index contributed by atoms with van der Waals surface area (Å²) < 4.78 is 5.17. The maximum atomic E-state index is 10.2. The van der Waals surface area contributed by atoms with E-state index >= 15 is 0 Å². The van der Waals surface area contributed by atoms with Gasteiger partial charge >= 0.3 is 0 Å². The lowest BCUT2D eigenvalue weighted by molar-refractivity contribution is 0.137. The molecular formula is C15H14O2. The monoisotopic (exact) mass is 226 g/mol. The molecule has 0 radical (unpaired) electrons. The summed E-state index contributed by atoms with van der Waals surface area (Å²) in [6.45, 7) is 0.657. The van der Waals surface area contributed by atoms with Gasteiger partial charge in [0.1, 0.15) is 12.2 Å². The third-order valence-corrected chi connectivity index (χ3v) is 3.08. The summed E-state index contributed by atoms with van der Waals surface area (Å²) in [7, 11) is 0. The van der Waals surface area contributed by atoms with Crippen molar-refractivity contribution in [3.05, 3.63) is 60.2 Å². The summed E-state index contributed by atoms with van der Waals surface area (Å²) in [5.41, 5.74) is 3.15. The Balaban J connectivity index is 2.04. The number of hydrogen-bond donors (Lipinski definition) is 1. The van der Waals surface area contributed by atoms with Gasteiger partial charge in [-0.2, -0.15) is 0 Å². The van der Waals surface area contributed by atoms with Gasteiger partial charge in [0.2, 0.25) is 0 Å². The summed E-state index contributed by atoms with van der Waals surface area (Å²) in [5, 5.41) is 10.2. The standard InChI is InChI=1S/C15H14O2/c16-15(14-10-17-14)13-9-5-4-8-12(13)11-6-2-1-3-7-11/h1-9,14-16H,10H2. The van der Waals surface area contributed by atoms with Crippen molar-refractivity contribution in [2.75, 3.05) is 6.61 Å². The van der Waals surface area contributed by atoms with Gasteiger partial charge in [0, 0.05) is 0 Å². The minimum absolute atomic E-state index is 0.0279. The molecule has 2 aromatic carbocycles. The number of epoxide rings is 1. The van der Waals surface area contributed by atoms with Gasteiger partial charge in [0.25, 0.3) is 0 Å². The van der Waals surface area contributed by atoms with Crippen LogP contribution in [0.15, 0.2) is 54.6 Å². The summed E-state index contributed by atoms with van der Waals surface area (Å²) in [5.74, 6) is 0. The third-order valence-electron chi connectivity index (χ3n) is 3.08. The Labute approximate surface area is 100 Å². The van der Waals surface area contributed by atoms with E-state index in [0.717, 1.165) is 16.7 Å². The lowest BCUT2D eigenvalue weighted by atomic mass is 9.95. The smallest absolute Gasteiger partial charge is 0.111 e. The second kappa shape index (κ2) is 4.32. The summed E-state index contributed by atoms with van der Waals surface area (Å²) in [6.07, 6.45) is -0.550. The first-order valence-electron chi connectivity index (χ1n) is 5.80. The molecule has 2 atom stereocenters. The van der Waals surface area contributed by atoms with Gasteiger partial charge in [-0.3, -0.25) is 0 Å². The number of ether oxygens (including phenoxy) is 1. The average molecular weight is 226 g/mol. The van der Waals surface area contributed by atoms with Crippen LogP contribution in [0.3, 0.4) is 0 Å². The van der Waals surface area contributed by atoms with Crippen LogP contribution in [0.25, 0.3) is 11.1 Å². The van der Waals surface area contributed by atoms with Crippen LogP contribution < -0.4 is 0 Å². The van der Waals surface area contributed by atoms with Crippen LogP contribution >= 0.6 is 0 Å². The molecule has 2 heteroatoms. The van der Waals surface area contributed by atoms with Gasteiger partial charge in [-0.25, -0.2) is 0 Å². The third kappa shape index (κ3) is 2.09. The van der Waals surface area contributed by atoms with Crippen LogP contribution in [-0.4, -0.2) is 17.8 Å². The van der Waals surface area contributed by atoms with E-state index in [1.54, 1.807) is 0 Å². The minimum atomic E-state index is -0.522. The van der Waals surface area contributed by atoms with Crippen molar-refractivity contribution in [3.63, 3.8) is 0 Å². The highest BCUT2D eigenvalue weighted by molar-refractivity contribution is 5.67. The van der Waals surface area contributed by atoms with Gasteiger partial charge in [0.15, 0.2) is 0 Å². The molecule has 2 nitrogen and oxygen atoms in total. The predicted molar refractivity (Wildman–Crippen MR) is 66.6 cm³/mol.